The van der Waals surface area contributed by atoms with Crippen molar-refractivity contribution in [2.45, 2.75) is 44.9 Å². The number of methoxy groups -OCH3 is 1. The van der Waals surface area contributed by atoms with Crippen molar-refractivity contribution in [1.82, 2.24) is 4.90 Å². The third-order valence-electron chi connectivity index (χ3n) is 2.52. The van der Waals surface area contributed by atoms with Crippen LogP contribution < -0.4 is 0 Å². The monoisotopic (exact) mass is 293 g/mol. The highest BCUT2D eigenvalue weighted by atomic mass is 79.9. The highest BCUT2D eigenvalue weighted by molar-refractivity contribution is 9.09. The Morgan fingerprint density at radius 1 is 1.50 bits per heavy atom. The van der Waals surface area contributed by atoms with Crippen molar-refractivity contribution in [2.75, 3.05) is 19.0 Å². The van der Waals surface area contributed by atoms with E-state index in [0.29, 0.717) is 6.54 Å². The van der Waals surface area contributed by atoms with E-state index in [0.717, 1.165) is 11.8 Å². The first-order chi connectivity index (χ1) is 7.37. The van der Waals surface area contributed by atoms with E-state index >= 15 is 0 Å². The molecule has 1 amide bonds. The molecule has 1 saturated heterocycles. The van der Waals surface area contributed by atoms with E-state index in [1.165, 1.54) is 0 Å². The van der Waals surface area contributed by atoms with Crippen molar-refractivity contribution in [1.29, 1.82) is 0 Å². The van der Waals surface area contributed by atoms with E-state index < -0.39 is 5.60 Å². The lowest BCUT2D eigenvalue weighted by Crippen LogP contribution is -2.40. The first kappa shape index (κ1) is 13.8. The third kappa shape index (κ3) is 3.63. The van der Waals surface area contributed by atoms with Crippen molar-refractivity contribution in [3.63, 3.8) is 0 Å². The van der Waals surface area contributed by atoms with Gasteiger partial charge in [-0.25, -0.2) is 4.79 Å². The lowest BCUT2D eigenvalue weighted by Gasteiger charge is -2.27. The number of hydrogen-bond donors (Lipinski definition) is 0. The smallest absolute Gasteiger partial charge is 0.410 e. The van der Waals surface area contributed by atoms with Gasteiger partial charge in [0.25, 0.3) is 0 Å². The second kappa shape index (κ2) is 5.36. The van der Waals surface area contributed by atoms with Gasteiger partial charge in [0.1, 0.15) is 5.60 Å². The van der Waals surface area contributed by atoms with Crippen LogP contribution in [0.5, 0.6) is 0 Å². The van der Waals surface area contributed by atoms with Gasteiger partial charge in [-0.1, -0.05) is 15.9 Å². The minimum absolute atomic E-state index is 0.120. The average molecular weight is 294 g/mol. The maximum Gasteiger partial charge on any atom is 0.410 e. The fraction of sp³-hybridized carbons (Fsp3) is 0.909. The standard InChI is InChI=1S/C11H20BrNO3/c1-11(2,3)16-10(14)13-7-9(15-4)5-8(13)6-12/h8-9H,5-7H2,1-4H3/t8-,9-/m1/s1. The maximum atomic E-state index is 11.9. The number of likely N-dealkylation sites (tertiary alicyclic amines) is 1. The van der Waals surface area contributed by atoms with Crippen LogP contribution >= 0.6 is 15.9 Å². The Labute approximate surface area is 105 Å². The van der Waals surface area contributed by atoms with Crippen LogP contribution in [-0.2, 0) is 9.47 Å². The zero-order chi connectivity index (χ0) is 12.3. The number of carbonyl (C=O) groups excluding carboxylic acids is 1. The molecule has 0 bridgehead atoms. The third-order valence-corrected chi connectivity index (χ3v) is 3.26. The average Bonchev–Trinajstić information content (AvgIpc) is 2.58. The van der Waals surface area contributed by atoms with E-state index in [2.05, 4.69) is 15.9 Å². The Morgan fingerprint density at radius 3 is 2.56 bits per heavy atom. The molecule has 0 aromatic carbocycles. The fourth-order valence-corrected chi connectivity index (χ4v) is 2.35. The second-order valence-corrected chi connectivity index (χ2v) is 5.68. The summed E-state index contributed by atoms with van der Waals surface area (Å²) in [6.07, 6.45) is 0.729. The van der Waals surface area contributed by atoms with E-state index in [-0.39, 0.29) is 18.2 Å². The number of rotatable bonds is 2. The van der Waals surface area contributed by atoms with Crippen LogP contribution in [-0.4, -0.2) is 47.7 Å². The van der Waals surface area contributed by atoms with Crippen LogP contribution in [0.3, 0.4) is 0 Å². The van der Waals surface area contributed by atoms with Crippen LogP contribution in [0.2, 0.25) is 0 Å². The van der Waals surface area contributed by atoms with Crippen LogP contribution in [0.1, 0.15) is 27.2 Å². The molecule has 0 radical (unpaired) electrons. The van der Waals surface area contributed by atoms with Gasteiger partial charge >= 0.3 is 6.09 Å². The van der Waals surface area contributed by atoms with Crippen molar-refractivity contribution >= 4 is 22.0 Å². The minimum Gasteiger partial charge on any atom is -0.444 e. The Morgan fingerprint density at radius 2 is 2.12 bits per heavy atom. The molecule has 0 aliphatic carbocycles. The second-order valence-electron chi connectivity index (χ2n) is 5.03. The van der Waals surface area contributed by atoms with Crippen LogP contribution in [0, 0.1) is 0 Å². The summed E-state index contributed by atoms with van der Waals surface area (Å²) in [5.41, 5.74) is -0.445. The number of halogens is 1. The summed E-state index contributed by atoms with van der Waals surface area (Å²) >= 11 is 3.42. The fourth-order valence-electron chi connectivity index (χ4n) is 1.73. The van der Waals surface area contributed by atoms with Crippen molar-refractivity contribution in [3.05, 3.63) is 0 Å². The summed E-state index contributed by atoms with van der Waals surface area (Å²) in [6, 6.07) is 0.166. The van der Waals surface area contributed by atoms with Gasteiger partial charge in [0.15, 0.2) is 0 Å². The normalized spacial score (nSPS) is 25.9. The van der Waals surface area contributed by atoms with Gasteiger partial charge in [-0.2, -0.15) is 0 Å². The molecule has 0 spiro atoms. The Hall–Kier alpha value is -0.290. The summed E-state index contributed by atoms with van der Waals surface area (Å²) in [7, 11) is 1.68. The molecule has 2 atom stereocenters. The zero-order valence-corrected chi connectivity index (χ0v) is 11.9. The molecule has 1 fully saturated rings. The molecule has 0 unspecified atom stereocenters. The molecule has 0 aromatic heterocycles. The van der Waals surface area contributed by atoms with E-state index in [9.17, 15) is 4.79 Å². The van der Waals surface area contributed by atoms with Gasteiger partial charge < -0.3 is 14.4 Å². The first-order valence-electron chi connectivity index (χ1n) is 5.45. The van der Waals surface area contributed by atoms with Gasteiger partial charge in [-0.3, -0.25) is 0 Å². The number of hydrogen-bond acceptors (Lipinski definition) is 3. The number of nitrogens with zero attached hydrogens (tertiary/aromatic N) is 1. The molecule has 0 aromatic rings. The quantitative estimate of drug-likeness (QED) is 0.734. The molecular weight excluding hydrogens is 274 g/mol. The Kier molecular flexibility index (Phi) is 4.62. The molecule has 1 aliphatic rings. The minimum atomic E-state index is -0.445. The van der Waals surface area contributed by atoms with Crippen molar-refractivity contribution < 1.29 is 14.3 Å². The van der Waals surface area contributed by atoms with Gasteiger partial charge in [0.05, 0.1) is 12.6 Å². The summed E-state index contributed by atoms with van der Waals surface area (Å²) in [4.78, 5) is 13.7. The Bertz CT molecular complexity index is 252. The summed E-state index contributed by atoms with van der Waals surface area (Å²) in [5.74, 6) is 0. The molecule has 1 rings (SSSR count). The highest BCUT2D eigenvalue weighted by Gasteiger charge is 2.36. The van der Waals surface area contributed by atoms with Crippen molar-refractivity contribution in [3.8, 4) is 0 Å². The van der Waals surface area contributed by atoms with E-state index in [1.54, 1.807) is 12.0 Å². The topological polar surface area (TPSA) is 38.8 Å². The number of alkyl halides is 1. The zero-order valence-electron chi connectivity index (χ0n) is 10.3. The summed E-state index contributed by atoms with van der Waals surface area (Å²) < 4.78 is 10.6. The van der Waals surface area contributed by atoms with Crippen LogP contribution in [0.4, 0.5) is 4.79 Å². The molecule has 0 saturated carbocycles. The van der Waals surface area contributed by atoms with E-state index in [4.69, 9.17) is 9.47 Å². The predicted octanol–water partition coefficient (Wildman–Crippen LogP) is 2.41. The molecular formula is C11H20BrNO3. The van der Waals surface area contributed by atoms with Gasteiger partial charge in [-0.05, 0) is 27.2 Å². The largest absolute Gasteiger partial charge is 0.444 e. The molecule has 1 aliphatic heterocycles. The van der Waals surface area contributed by atoms with Gasteiger partial charge in [0.2, 0.25) is 0 Å². The van der Waals surface area contributed by atoms with Crippen molar-refractivity contribution in [2.24, 2.45) is 0 Å². The number of ether oxygens (including phenoxy) is 2. The summed E-state index contributed by atoms with van der Waals surface area (Å²) in [5, 5.41) is 0.756. The van der Waals surface area contributed by atoms with Gasteiger partial charge in [-0.15, -0.1) is 0 Å². The maximum absolute atomic E-state index is 11.9. The SMILES string of the molecule is CO[C@@H]1C[C@H](CBr)N(C(=O)OC(C)(C)C)C1. The summed E-state index contributed by atoms with van der Waals surface area (Å²) in [6.45, 7) is 6.23. The lowest BCUT2D eigenvalue weighted by molar-refractivity contribution is 0.0210. The number of amides is 1. The Balaban J connectivity index is 2.61. The molecule has 5 heteroatoms. The van der Waals surface area contributed by atoms with Crippen LogP contribution in [0.15, 0.2) is 0 Å². The molecule has 94 valence electrons. The molecule has 0 N–H and O–H groups in total. The molecule has 16 heavy (non-hydrogen) atoms. The van der Waals surface area contributed by atoms with Crippen LogP contribution in [0.25, 0.3) is 0 Å². The first-order valence-corrected chi connectivity index (χ1v) is 6.58. The molecule has 1 heterocycles. The number of carbonyl (C=O) groups is 1. The predicted molar refractivity (Wildman–Crippen MR) is 65.9 cm³/mol. The van der Waals surface area contributed by atoms with E-state index in [1.807, 2.05) is 20.8 Å². The molecule has 4 nitrogen and oxygen atoms in total. The highest BCUT2D eigenvalue weighted by Crippen LogP contribution is 2.23. The van der Waals surface area contributed by atoms with Gasteiger partial charge in [0, 0.05) is 18.5 Å². The lowest BCUT2D eigenvalue weighted by atomic mass is 10.2.